The molecule has 2 amide bonds. The summed E-state index contributed by atoms with van der Waals surface area (Å²) in [5, 5.41) is 4.78. The van der Waals surface area contributed by atoms with Crippen molar-refractivity contribution in [2.75, 3.05) is 0 Å². The first-order chi connectivity index (χ1) is 12.3. The molecule has 0 aromatic heterocycles. The van der Waals surface area contributed by atoms with Gasteiger partial charge in [0, 0.05) is 6.54 Å². The van der Waals surface area contributed by atoms with E-state index < -0.39 is 30.0 Å². The molecule has 26 heavy (non-hydrogen) atoms. The molecular formula is C18H22F3N3O2. The van der Waals surface area contributed by atoms with Gasteiger partial charge in [-0.15, -0.1) is 0 Å². The lowest BCUT2D eigenvalue weighted by Gasteiger charge is -2.32. The largest absolute Gasteiger partial charge is 0.408 e. The highest BCUT2D eigenvalue weighted by Crippen LogP contribution is 2.33. The first-order valence-electron chi connectivity index (χ1n) is 8.79. The Hall–Kier alpha value is -2.09. The van der Waals surface area contributed by atoms with Crippen molar-refractivity contribution in [3.8, 4) is 0 Å². The summed E-state index contributed by atoms with van der Waals surface area (Å²) in [5.74, 6) is -2.46. The fourth-order valence-electron chi connectivity index (χ4n) is 3.84. The zero-order chi connectivity index (χ0) is 18.9. The number of rotatable bonds is 3. The second-order valence-electron chi connectivity index (χ2n) is 6.88. The van der Waals surface area contributed by atoms with Gasteiger partial charge in [0.05, 0.1) is 6.04 Å². The number of piperidine rings is 1. The van der Waals surface area contributed by atoms with Crippen molar-refractivity contribution in [1.82, 2.24) is 10.6 Å². The van der Waals surface area contributed by atoms with Crippen LogP contribution in [-0.2, 0) is 22.6 Å². The summed E-state index contributed by atoms with van der Waals surface area (Å²) in [7, 11) is 0. The topological polar surface area (TPSA) is 84.2 Å². The highest BCUT2D eigenvalue weighted by Gasteiger charge is 2.46. The molecule has 1 fully saturated rings. The molecule has 1 saturated heterocycles. The van der Waals surface area contributed by atoms with Crippen molar-refractivity contribution in [1.29, 1.82) is 0 Å². The molecule has 2 aliphatic rings. The SMILES string of the molecule is NCc1cccc2c1CCCC2NC(=O)C1CCC(C(F)(F)F)NC1=O. The Bertz CT molecular complexity index is 705. The number of nitrogens with one attached hydrogen (secondary N) is 2. The van der Waals surface area contributed by atoms with Crippen molar-refractivity contribution in [3.63, 3.8) is 0 Å². The molecule has 3 unspecified atom stereocenters. The zero-order valence-corrected chi connectivity index (χ0v) is 14.2. The number of carbonyl (C=O) groups excluding carboxylic acids is 2. The molecule has 0 spiro atoms. The summed E-state index contributed by atoms with van der Waals surface area (Å²) >= 11 is 0. The molecule has 1 aliphatic carbocycles. The van der Waals surface area contributed by atoms with Gasteiger partial charge in [0.2, 0.25) is 11.8 Å². The van der Waals surface area contributed by atoms with Gasteiger partial charge in [0.1, 0.15) is 12.0 Å². The number of amides is 2. The molecule has 5 nitrogen and oxygen atoms in total. The van der Waals surface area contributed by atoms with E-state index in [0.29, 0.717) is 6.54 Å². The Labute approximate surface area is 149 Å². The normalized spacial score (nSPS) is 26.0. The van der Waals surface area contributed by atoms with Crippen LogP contribution in [0.25, 0.3) is 0 Å². The van der Waals surface area contributed by atoms with Gasteiger partial charge < -0.3 is 16.4 Å². The van der Waals surface area contributed by atoms with Crippen LogP contribution in [0.2, 0.25) is 0 Å². The number of hydrogen-bond donors (Lipinski definition) is 3. The molecule has 3 rings (SSSR count). The number of benzene rings is 1. The third-order valence-corrected chi connectivity index (χ3v) is 5.23. The van der Waals surface area contributed by atoms with Gasteiger partial charge in [0.15, 0.2) is 0 Å². The van der Waals surface area contributed by atoms with Gasteiger partial charge in [-0.25, -0.2) is 0 Å². The van der Waals surface area contributed by atoms with E-state index in [0.717, 1.165) is 36.0 Å². The molecule has 1 aromatic carbocycles. The predicted octanol–water partition coefficient (Wildman–Crippen LogP) is 2.10. The summed E-state index contributed by atoms with van der Waals surface area (Å²) in [6.07, 6.45) is -2.39. The average Bonchev–Trinajstić information content (AvgIpc) is 2.60. The van der Waals surface area contributed by atoms with Gasteiger partial charge >= 0.3 is 6.18 Å². The van der Waals surface area contributed by atoms with Crippen molar-refractivity contribution >= 4 is 11.8 Å². The molecule has 142 valence electrons. The van der Waals surface area contributed by atoms with Gasteiger partial charge in [0.25, 0.3) is 0 Å². The second kappa shape index (κ2) is 7.26. The van der Waals surface area contributed by atoms with E-state index in [2.05, 4.69) is 5.32 Å². The molecule has 3 atom stereocenters. The minimum Gasteiger partial charge on any atom is -0.349 e. The number of nitrogens with two attached hydrogens (primary N) is 1. The summed E-state index contributed by atoms with van der Waals surface area (Å²) < 4.78 is 38.2. The van der Waals surface area contributed by atoms with Crippen LogP contribution >= 0.6 is 0 Å². The molecule has 1 aromatic rings. The van der Waals surface area contributed by atoms with Crippen LogP contribution in [0.4, 0.5) is 13.2 Å². The van der Waals surface area contributed by atoms with Crippen molar-refractivity contribution < 1.29 is 22.8 Å². The van der Waals surface area contributed by atoms with E-state index in [1.807, 2.05) is 23.5 Å². The van der Waals surface area contributed by atoms with E-state index in [9.17, 15) is 22.8 Å². The van der Waals surface area contributed by atoms with Crippen LogP contribution in [0.5, 0.6) is 0 Å². The Kier molecular flexibility index (Phi) is 5.22. The predicted molar refractivity (Wildman–Crippen MR) is 88.9 cm³/mol. The van der Waals surface area contributed by atoms with Gasteiger partial charge in [-0.2, -0.15) is 13.2 Å². The first-order valence-corrected chi connectivity index (χ1v) is 8.79. The summed E-state index contributed by atoms with van der Waals surface area (Å²) in [6, 6.07) is 3.65. The lowest BCUT2D eigenvalue weighted by molar-refractivity contribution is -0.171. The van der Waals surface area contributed by atoms with Crippen molar-refractivity contribution in [3.05, 3.63) is 34.9 Å². The Morgan fingerprint density at radius 3 is 2.69 bits per heavy atom. The Balaban J connectivity index is 1.70. The van der Waals surface area contributed by atoms with Crippen LogP contribution < -0.4 is 16.4 Å². The maximum Gasteiger partial charge on any atom is 0.408 e. The van der Waals surface area contributed by atoms with E-state index in [1.165, 1.54) is 0 Å². The van der Waals surface area contributed by atoms with E-state index >= 15 is 0 Å². The molecule has 8 heteroatoms. The fraction of sp³-hybridized carbons (Fsp3) is 0.556. The third-order valence-electron chi connectivity index (χ3n) is 5.23. The monoisotopic (exact) mass is 369 g/mol. The average molecular weight is 369 g/mol. The highest BCUT2D eigenvalue weighted by molar-refractivity contribution is 6.01. The number of fused-ring (bicyclic) bond motifs is 1. The van der Waals surface area contributed by atoms with Crippen LogP contribution in [0, 0.1) is 5.92 Å². The molecule has 0 bridgehead atoms. The van der Waals surface area contributed by atoms with Crippen LogP contribution in [0.15, 0.2) is 18.2 Å². The van der Waals surface area contributed by atoms with Crippen LogP contribution in [0.1, 0.15) is 48.4 Å². The van der Waals surface area contributed by atoms with E-state index in [-0.39, 0.29) is 18.9 Å². The van der Waals surface area contributed by atoms with Gasteiger partial charge in [-0.05, 0) is 48.8 Å². The van der Waals surface area contributed by atoms with Crippen molar-refractivity contribution in [2.45, 2.75) is 56.9 Å². The Morgan fingerprint density at radius 1 is 1.27 bits per heavy atom. The van der Waals surface area contributed by atoms with Crippen LogP contribution in [-0.4, -0.2) is 24.0 Å². The minimum atomic E-state index is -4.49. The smallest absolute Gasteiger partial charge is 0.349 e. The first kappa shape index (κ1) is 18.7. The summed E-state index contributed by atoms with van der Waals surface area (Å²) in [6.45, 7) is 0.410. The second-order valence-corrected chi connectivity index (χ2v) is 6.88. The molecule has 0 radical (unpaired) electrons. The standard InChI is InChI=1S/C18H22F3N3O2/c19-18(20,21)15-8-7-13(17(26)24-15)16(25)23-14-6-2-4-11-10(9-22)3-1-5-12(11)14/h1,3,5,13-15H,2,4,6-9,22H2,(H,23,25)(H,24,26). The molecule has 1 heterocycles. The third kappa shape index (κ3) is 3.70. The number of hydrogen-bond acceptors (Lipinski definition) is 3. The van der Waals surface area contributed by atoms with Gasteiger partial charge in [-0.3, -0.25) is 9.59 Å². The number of carbonyl (C=O) groups is 2. The molecule has 0 saturated carbocycles. The number of halogens is 3. The highest BCUT2D eigenvalue weighted by atomic mass is 19.4. The van der Waals surface area contributed by atoms with Crippen LogP contribution in [0.3, 0.4) is 0 Å². The Morgan fingerprint density at radius 2 is 2.04 bits per heavy atom. The zero-order valence-electron chi connectivity index (χ0n) is 14.2. The summed E-state index contributed by atoms with van der Waals surface area (Å²) in [5.41, 5.74) is 8.91. The van der Waals surface area contributed by atoms with E-state index in [1.54, 1.807) is 0 Å². The summed E-state index contributed by atoms with van der Waals surface area (Å²) in [4.78, 5) is 24.5. The lowest BCUT2D eigenvalue weighted by Crippen LogP contribution is -2.54. The molecule has 1 aliphatic heterocycles. The maximum absolute atomic E-state index is 12.7. The van der Waals surface area contributed by atoms with Crippen molar-refractivity contribution in [2.24, 2.45) is 11.7 Å². The fourth-order valence-corrected chi connectivity index (χ4v) is 3.84. The molecular weight excluding hydrogens is 347 g/mol. The van der Waals surface area contributed by atoms with E-state index in [4.69, 9.17) is 5.73 Å². The number of alkyl halides is 3. The minimum absolute atomic E-state index is 0.107. The molecule has 4 N–H and O–H groups in total. The maximum atomic E-state index is 12.7. The quantitative estimate of drug-likeness (QED) is 0.714. The van der Waals surface area contributed by atoms with Gasteiger partial charge in [-0.1, -0.05) is 18.2 Å². The lowest BCUT2D eigenvalue weighted by atomic mass is 9.84.